The largest absolute Gasteiger partial charge is 0.451 e. The van der Waals surface area contributed by atoms with Gasteiger partial charge in [0.15, 0.2) is 0 Å². The topological polar surface area (TPSA) is 67.4 Å². The molecule has 5 heteroatoms. The monoisotopic (exact) mass is 468 g/mol. The van der Waals surface area contributed by atoms with Crippen molar-refractivity contribution in [1.29, 1.82) is 0 Å². The summed E-state index contributed by atoms with van der Waals surface area (Å²) in [5.41, 5.74) is 3.52. The Balaban J connectivity index is 1.20. The fourth-order valence-corrected chi connectivity index (χ4v) is 5.44. The van der Waals surface area contributed by atoms with Crippen molar-refractivity contribution in [2.45, 2.75) is 50.3 Å². The molecule has 1 atom stereocenters. The molecule has 1 aliphatic carbocycles. The van der Waals surface area contributed by atoms with Crippen LogP contribution in [0.25, 0.3) is 0 Å². The summed E-state index contributed by atoms with van der Waals surface area (Å²) < 4.78 is 5.86. The molecule has 0 bridgehead atoms. The molecule has 2 N–H and O–H groups in total. The van der Waals surface area contributed by atoms with Crippen LogP contribution in [-0.2, 0) is 28.1 Å². The molecule has 35 heavy (non-hydrogen) atoms. The number of rotatable bonds is 8. The van der Waals surface area contributed by atoms with E-state index in [2.05, 4.69) is 34.9 Å². The van der Waals surface area contributed by atoms with E-state index in [1.807, 2.05) is 60.7 Å². The average Bonchev–Trinajstić information content (AvgIpc) is 3.16. The average molecular weight is 469 g/mol. The Morgan fingerprint density at radius 2 is 1.51 bits per heavy atom. The number of ether oxygens (including phenoxy) is 1. The van der Waals surface area contributed by atoms with E-state index in [0.717, 1.165) is 18.5 Å². The molecule has 0 aromatic heterocycles. The van der Waals surface area contributed by atoms with Crippen LogP contribution in [0.15, 0.2) is 84.9 Å². The Kier molecular flexibility index (Phi) is 6.96. The van der Waals surface area contributed by atoms with Crippen LogP contribution in [0.5, 0.6) is 0 Å². The van der Waals surface area contributed by atoms with E-state index in [1.165, 1.54) is 11.1 Å². The second-order valence-electron chi connectivity index (χ2n) is 9.72. The Morgan fingerprint density at radius 3 is 2.23 bits per heavy atom. The van der Waals surface area contributed by atoms with Crippen LogP contribution in [0.3, 0.4) is 0 Å². The van der Waals surface area contributed by atoms with Crippen LogP contribution in [0.1, 0.15) is 52.7 Å². The van der Waals surface area contributed by atoms with Crippen molar-refractivity contribution in [2.75, 3.05) is 6.54 Å². The summed E-state index contributed by atoms with van der Waals surface area (Å²) in [6.45, 7) is 1.45. The van der Waals surface area contributed by atoms with Crippen molar-refractivity contribution in [3.05, 3.63) is 107 Å². The summed E-state index contributed by atoms with van der Waals surface area (Å²) in [4.78, 5) is 25.7. The quantitative estimate of drug-likeness (QED) is 0.468. The fraction of sp³-hybridized carbons (Fsp3) is 0.333. The zero-order chi connectivity index (χ0) is 24.1. The summed E-state index contributed by atoms with van der Waals surface area (Å²) in [7, 11) is 0. The zero-order valence-corrected chi connectivity index (χ0v) is 19.9. The Hall–Kier alpha value is -3.44. The standard InChI is InChI=1S/C30H32N2O3/c33-28(24-15-17-30(18-16-24)27-14-8-7-13-26(27)29(34)35-30)32-25(19-22-9-3-1-4-10-22)21-31-20-23-11-5-2-6-12-23/h1-14,24-25,31H,15-21H2,(H,32,33). The van der Waals surface area contributed by atoms with Gasteiger partial charge in [0.05, 0.1) is 5.56 Å². The Bertz CT molecular complexity index is 1150. The van der Waals surface area contributed by atoms with Crippen LogP contribution in [0.4, 0.5) is 0 Å². The van der Waals surface area contributed by atoms with Gasteiger partial charge in [-0.15, -0.1) is 0 Å². The maximum Gasteiger partial charge on any atom is 0.339 e. The van der Waals surface area contributed by atoms with E-state index in [0.29, 0.717) is 37.8 Å². The SMILES string of the molecule is O=C1OC2(CCC(C(=O)NC(CNCc3ccccc3)Cc3ccccc3)CC2)c2ccccc21. The predicted octanol–water partition coefficient (Wildman–Crippen LogP) is 4.76. The molecular formula is C30H32N2O3. The second-order valence-corrected chi connectivity index (χ2v) is 9.72. The molecule has 1 saturated carbocycles. The smallest absolute Gasteiger partial charge is 0.339 e. The number of carbonyl (C=O) groups excluding carboxylic acids is 2. The Labute approximate surface area is 206 Å². The number of nitrogens with one attached hydrogen (secondary N) is 2. The van der Waals surface area contributed by atoms with Crippen LogP contribution < -0.4 is 10.6 Å². The van der Waals surface area contributed by atoms with Gasteiger partial charge in [0.25, 0.3) is 0 Å². The van der Waals surface area contributed by atoms with E-state index in [9.17, 15) is 9.59 Å². The first kappa shape index (κ1) is 23.3. The first-order valence-corrected chi connectivity index (χ1v) is 12.5. The summed E-state index contributed by atoms with van der Waals surface area (Å²) >= 11 is 0. The molecule has 0 saturated heterocycles. The number of fused-ring (bicyclic) bond motifs is 2. The summed E-state index contributed by atoms with van der Waals surface area (Å²) in [5, 5.41) is 6.83. The van der Waals surface area contributed by atoms with Crippen molar-refractivity contribution in [2.24, 2.45) is 5.92 Å². The number of benzene rings is 3. The molecule has 5 rings (SSSR count). The number of hydrogen-bond donors (Lipinski definition) is 2. The minimum atomic E-state index is -0.564. The van der Waals surface area contributed by atoms with Gasteiger partial charge in [0.1, 0.15) is 5.60 Å². The third-order valence-corrected chi connectivity index (χ3v) is 7.32. The molecule has 3 aromatic rings. The van der Waals surface area contributed by atoms with Crippen molar-refractivity contribution in [3.63, 3.8) is 0 Å². The lowest BCUT2D eigenvalue weighted by molar-refractivity contribution is -0.128. The molecule has 1 heterocycles. The van der Waals surface area contributed by atoms with E-state index in [4.69, 9.17) is 4.74 Å². The van der Waals surface area contributed by atoms with E-state index < -0.39 is 5.60 Å². The van der Waals surface area contributed by atoms with Crippen LogP contribution in [-0.4, -0.2) is 24.5 Å². The predicted molar refractivity (Wildman–Crippen MR) is 136 cm³/mol. The summed E-state index contributed by atoms with van der Waals surface area (Å²) in [5.74, 6) is -0.213. The lowest BCUT2D eigenvalue weighted by Gasteiger charge is -2.36. The van der Waals surface area contributed by atoms with E-state index in [1.54, 1.807) is 0 Å². The van der Waals surface area contributed by atoms with Gasteiger partial charge in [-0.3, -0.25) is 4.79 Å². The molecule has 1 spiro atoms. The van der Waals surface area contributed by atoms with Crippen molar-refractivity contribution < 1.29 is 14.3 Å². The second kappa shape index (κ2) is 10.4. The van der Waals surface area contributed by atoms with Gasteiger partial charge in [0.2, 0.25) is 5.91 Å². The van der Waals surface area contributed by atoms with Gasteiger partial charge in [-0.1, -0.05) is 78.9 Å². The Morgan fingerprint density at radius 1 is 0.886 bits per heavy atom. The molecular weight excluding hydrogens is 436 g/mol. The molecule has 1 unspecified atom stereocenters. The first-order chi connectivity index (χ1) is 17.1. The highest BCUT2D eigenvalue weighted by molar-refractivity contribution is 5.94. The highest BCUT2D eigenvalue weighted by Crippen LogP contribution is 2.48. The highest BCUT2D eigenvalue weighted by Gasteiger charge is 2.48. The zero-order valence-electron chi connectivity index (χ0n) is 19.9. The lowest BCUT2D eigenvalue weighted by atomic mass is 9.74. The van der Waals surface area contributed by atoms with Crippen molar-refractivity contribution in [1.82, 2.24) is 10.6 Å². The summed E-state index contributed by atoms with van der Waals surface area (Å²) in [6, 6.07) is 28.2. The maximum absolute atomic E-state index is 13.3. The van der Waals surface area contributed by atoms with Gasteiger partial charge >= 0.3 is 5.97 Å². The molecule has 1 fully saturated rings. The van der Waals surface area contributed by atoms with E-state index >= 15 is 0 Å². The van der Waals surface area contributed by atoms with Crippen molar-refractivity contribution >= 4 is 11.9 Å². The van der Waals surface area contributed by atoms with Crippen LogP contribution in [0.2, 0.25) is 0 Å². The maximum atomic E-state index is 13.3. The molecule has 5 nitrogen and oxygen atoms in total. The summed E-state index contributed by atoms with van der Waals surface area (Å²) in [6.07, 6.45) is 3.56. The van der Waals surface area contributed by atoms with Gasteiger partial charge in [-0.25, -0.2) is 4.79 Å². The van der Waals surface area contributed by atoms with Crippen molar-refractivity contribution in [3.8, 4) is 0 Å². The number of amides is 1. The minimum Gasteiger partial charge on any atom is -0.451 e. The number of hydrogen-bond acceptors (Lipinski definition) is 4. The first-order valence-electron chi connectivity index (χ1n) is 12.5. The molecule has 3 aromatic carbocycles. The van der Waals surface area contributed by atoms with Gasteiger partial charge in [-0.2, -0.15) is 0 Å². The molecule has 1 aliphatic heterocycles. The third kappa shape index (κ3) is 5.30. The highest BCUT2D eigenvalue weighted by atomic mass is 16.6. The van der Waals surface area contributed by atoms with Crippen LogP contribution >= 0.6 is 0 Å². The van der Waals surface area contributed by atoms with Gasteiger partial charge in [-0.05, 0) is 49.3 Å². The normalized spacial score (nSPS) is 21.8. The number of esters is 1. The fourth-order valence-electron chi connectivity index (χ4n) is 5.44. The molecule has 1 amide bonds. The van der Waals surface area contributed by atoms with Gasteiger partial charge < -0.3 is 15.4 Å². The van der Waals surface area contributed by atoms with Gasteiger partial charge in [0, 0.05) is 30.6 Å². The van der Waals surface area contributed by atoms with Crippen LogP contribution in [0, 0.1) is 5.92 Å². The molecule has 2 aliphatic rings. The molecule has 0 radical (unpaired) electrons. The molecule has 180 valence electrons. The number of carbonyl (C=O) groups is 2. The third-order valence-electron chi connectivity index (χ3n) is 7.32. The lowest BCUT2D eigenvalue weighted by Crippen LogP contribution is -2.47. The van der Waals surface area contributed by atoms with E-state index in [-0.39, 0.29) is 23.8 Å². The minimum absolute atomic E-state index is 0.00506.